The third-order valence-electron chi connectivity index (χ3n) is 6.40. The molecule has 0 unspecified atom stereocenters. The van der Waals surface area contributed by atoms with Crippen LogP contribution in [0.5, 0.6) is 5.75 Å². The molecule has 0 bridgehead atoms. The number of carbonyl (C=O) groups is 2. The van der Waals surface area contributed by atoms with Gasteiger partial charge in [0.15, 0.2) is 5.75 Å². The SMILES string of the molecule is CCS(=O)(=O)NC(=O)C1CCN(C(=O)C=Cc2ccc(Sc3ccc4c(c3)CCOO4)c(C(F)(F)F)c2)CC1. The van der Waals surface area contributed by atoms with Gasteiger partial charge in [-0.1, -0.05) is 17.8 Å². The summed E-state index contributed by atoms with van der Waals surface area (Å²) >= 11 is 0.991. The van der Waals surface area contributed by atoms with Crippen LogP contribution in [0, 0.1) is 5.92 Å². The topological polar surface area (TPSA) is 102 Å². The van der Waals surface area contributed by atoms with Gasteiger partial charge in [-0.05, 0) is 61.7 Å². The van der Waals surface area contributed by atoms with E-state index < -0.39 is 39.5 Å². The maximum Gasteiger partial charge on any atom is 0.417 e. The number of hydrogen-bond donors (Lipinski definition) is 1. The van der Waals surface area contributed by atoms with E-state index in [-0.39, 0.29) is 42.1 Å². The van der Waals surface area contributed by atoms with Gasteiger partial charge in [0.2, 0.25) is 21.8 Å². The molecule has 39 heavy (non-hydrogen) atoms. The Kier molecular flexibility index (Phi) is 8.92. The van der Waals surface area contributed by atoms with Gasteiger partial charge >= 0.3 is 6.18 Å². The summed E-state index contributed by atoms with van der Waals surface area (Å²) in [6.45, 7) is 2.25. The lowest BCUT2D eigenvalue weighted by Gasteiger charge is -2.30. The minimum Gasteiger partial charge on any atom is -0.339 e. The van der Waals surface area contributed by atoms with Crippen LogP contribution in [-0.2, 0) is 37.1 Å². The Morgan fingerprint density at radius 2 is 1.90 bits per heavy atom. The summed E-state index contributed by atoms with van der Waals surface area (Å²) in [5.41, 5.74) is 0.261. The number of alkyl halides is 3. The average Bonchev–Trinajstić information content (AvgIpc) is 2.91. The van der Waals surface area contributed by atoms with Crippen molar-refractivity contribution in [3.8, 4) is 5.75 Å². The predicted molar refractivity (Wildman–Crippen MR) is 138 cm³/mol. The van der Waals surface area contributed by atoms with Crippen molar-refractivity contribution >= 4 is 39.7 Å². The number of rotatable bonds is 7. The van der Waals surface area contributed by atoms with Crippen molar-refractivity contribution in [2.45, 2.75) is 42.2 Å². The number of sulfonamides is 1. The number of nitrogens with one attached hydrogen (secondary N) is 1. The second kappa shape index (κ2) is 12.0. The van der Waals surface area contributed by atoms with Crippen molar-refractivity contribution in [1.82, 2.24) is 9.62 Å². The van der Waals surface area contributed by atoms with Gasteiger partial charge < -0.3 is 9.79 Å². The van der Waals surface area contributed by atoms with E-state index in [0.29, 0.717) is 23.7 Å². The molecule has 1 N–H and O–H groups in total. The van der Waals surface area contributed by atoms with Gasteiger partial charge in [0.1, 0.15) is 0 Å². The Bertz CT molecular complexity index is 1370. The minimum atomic E-state index is -4.60. The van der Waals surface area contributed by atoms with Crippen molar-refractivity contribution < 1.29 is 41.0 Å². The molecule has 2 aliphatic heterocycles. The number of hydrogen-bond acceptors (Lipinski definition) is 7. The van der Waals surface area contributed by atoms with E-state index in [1.165, 1.54) is 36.1 Å². The number of nitrogens with zero attached hydrogens (tertiary/aromatic N) is 1. The zero-order chi connectivity index (χ0) is 28.2. The number of amides is 2. The average molecular weight is 585 g/mol. The fraction of sp³-hybridized carbons (Fsp3) is 0.385. The normalized spacial score (nSPS) is 16.6. The lowest BCUT2D eigenvalue weighted by molar-refractivity contribution is -0.215. The lowest BCUT2D eigenvalue weighted by Crippen LogP contribution is -2.44. The number of fused-ring (bicyclic) bond motifs is 1. The minimum absolute atomic E-state index is 0.0318. The molecule has 2 amide bonds. The van der Waals surface area contributed by atoms with E-state index in [0.717, 1.165) is 23.4 Å². The zero-order valence-electron chi connectivity index (χ0n) is 21.0. The lowest BCUT2D eigenvalue weighted by atomic mass is 9.96. The molecular weight excluding hydrogens is 557 g/mol. The van der Waals surface area contributed by atoms with Crippen LogP contribution in [0.1, 0.15) is 36.5 Å². The molecule has 13 heteroatoms. The van der Waals surface area contributed by atoms with Gasteiger partial charge in [-0.25, -0.2) is 8.42 Å². The molecule has 1 saturated heterocycles. The van der Waals surface area contributed by atoms with Gasteiger partial charge in [-0.15, -0.1) is 0 Å². The Balaban J connectivity index is 1.41. The molecule has 0 saturated carbocycles. The van der Waals surface area contributed by atoms with Crippen molar-refractivity contribution in [3.63, 3.8) is 0 Å². The van der Waals surface area contributed by atoms with Crippen LogP contribution in [0.2, 0.25) is 0 Å². The molecule has 0 aromatic heterocycles. The number of piperidine rings is 1. The van der Waals surface area contributed by atoms with Crippen LogP contribution in [0.15, 0.2) is 52.3 Å². The van der Waals surface area contributed by atoms with E-state index in [2.05, 4.69) is 0 Å². The Morgan fingerprint density at radius 3 is 2.59 bits per heavy atom. The highest BCUT2D eigenvalue weighted by Gasteiger charge is 2.34. The first-order valence-electron chi connectivity index (χ1n) is 12.3. The quantitative estimate of drug-likeness (QED) is 0.379. The molecule has 1 fully saturated rings. The Hall–Kier alpha value is -3.03. The van der Waals surface area contributed by atoms with Gasteiger partial charge in [0, 0.05) is 46.9 Å². The molecule has 210 valence electrons. The van der Waals surface area contributed by atoms with Gasteiger partial charge in [0.25, 0.3) is 0 Å². The monoisotopic (exact) mass is 584 g/mol. The summed E-state index contributed by atoms with van der Waals surface area (Å²) < 4.78 is 67.0. The highest BCUT2D eigenvalue weighted by molar-refractivity contribution is 7.99. The predicted octanol–water partition coefficient (Wildman–Crippen LogP) is 4.44. The zero-order valence-corrected chi connectivity index (χ0v) is 22.6. The van der Waals surface area contributed by atoms with E-state index in [4.69, 9.17) is 9.78 Å². The maximum atomic E-state index is 13.9. The van der Waals surface area contributed by atoms with E-state index in [9.17, 15) is 31.2 Å². The molecule has 2 aliphatic rings. The molecular formula is C26H27F3N2O6S2. The fourth-order valence-corrected chi connectivity index (χ4v) is 5.81. The molecule has 8 nitrogen and oxygen atoms in total. The standard InChI is InChI=1S/C26H27F3N2O6S2/c1-2-39(34,35)30-25(33)18-9-12-31(13-10-18)24(32)8-4-17-3-7-23(21(15-17)26(27,28)29)38-20-5-6-22-19(16-20)11-14-36-37-22/h3-8,15-16,18H,2,9-14H2,1H3,(H,30,33). The van der Waals surface area contributed by atoms with Crippen LogP contribution in [-0.4, -0.2) is 50.6 Å². The second-order valence-corrected chi connectivity index (χ2v) is 12.2. The first-order chi connectivity index (χ1) is 18.4. The van der Waals surface area contributed by atoms with Crippen LogP contribution >= 0.6 is 11.8 Å². The maximum absolute atomic E-state index is 13.9. The molecule has 0 spiro atoms. The van der Waals surface area contributed by atoms with Crippen molar-refractivity contribution in [1.29, 1.82) is 0 Å². The number of halogens is 3. The largest absolute Gasteiger partial charge is 0.417 e. The summed E-state index contributed by atoms with van der Waals surface area (Å²) in [5.74, 6) is -1.19. The molecule has 4 rings (SSSR count). The summed E-state index contributed by atoms with van der Waals surface area (Å²) in [6, 6.07) is 9.01. The molecule has 0 radical (unpaired) electrons. The third-order valence-corrected chi connectivity index (χ3v) is 8.74. The smallest absolute Gasteiger partial charge is 0.339 e. The fourth-order valence-electron chi connectivity index (χ4n) is 4.19. The second-order valence-electron chi connectivity index (χ2n) is 9.08. The highest BCUT2D eigenvalue weighted by atomic mass is 32.2. The van der Waals surface area contributed by atoms with Gasteiger partial charge in [-0.3, -0.25) is 14.3 Å². The van der Waals surface area contributed by atoms with Crippen LogP contribution in [0.25, 0.3) is 6.08 Å². The molecule has 2 aromatic rings. The van der Waals surface area contributed by atoms with E-state index >= 15 is 0 Å². The summed E-state index contributed by atoms with van der Waals surface area (Å²) in [5, 5.41) is 0. The van der Waals surface area contributed by atoms with Crippen LogP contribution in [0.4, 0.5) is 13.2 Å². The van der Waals surface area contributed by atoms with Gasteiger partial charge in [-0.2, -0.15) is 18.1 Å². The third kappa shape index (κ3) is 7.55. The van der Waals surface area contributed by atoms with E-state index in [1.807, 2.05) is 4.72 Å². The number of carbonyl (C=O) groups excluding carboxylic acids is 2. The Morgan fingerprint density at radius 1 is 1.15 bits per heavy atom. The first kappa shape index (κ1) is 29.0. The van der Waals surface area contributed by atoms with Crippen molar-refractivity contribution in [2.24, 2.45) is 5.92 Å². The summed E-state index contributed by atoms with van der Waals surface area (Å²) in [7, 11) is -3.66. The first-order valence-corrected chi connectivity index (χ1v) is 14.7. The number of benzene rings is 2. The van der Waals surface area contributed by atoms with Crippen molar-refractivity contribution in [2.75, 3.05) is 25.4 Å². The molecule has 0 aliphatic carbocycles. The van der Waals surface area contributed by atoms with Crippen LogP contribution in [0.3, 0.4) is 0 Å². The summed E-state index contributed by atoms with van der Waals surface area (Å²) in [4.78, 5) is 36.9. The summed E-state index contributed by atoms with van der Waals surface area (Å²) in [6.07, 6.45) is -0.897. The Labute approximate surface area is 228 Å². The van der Waals surface area contributed by atoms with Gasteiger partial charge in [0.05, 0.1) is 17.9 Å². The number of likely N-dealkylation sites (tertiary alicyclic amines) is 1. The molecule has 0 atom stereocenters. The molecule has 2 heterocycles. The van der Waals surface area contributed by atoms with Crippen molar-refractivity contribution in [3.05, 3.63) is 59.2 Å². The van der Waals surface area contributed by atoms with Crippen LogP contribution < -0.4 is 9.61 Å². The molecule has 2 aromatic carbocycles. The highest BCUT2D eigenvalue weighted by Crippen LogP contribution is 2.41. The van der Waals surface area contributed by atoms with E-state index in [1.54, 1.807) is 18.2 Å².